The summed E-state index contributed by atoms with van der Waals surface area (Å²) in [5, 5.41) is 5.07. The van der Waals surface area contributed by atoms with E-state index in [2.05, 4.69) is 97.1 Å². The van der Waals surface area contributed by atoms with Crippen molar-refractivity contribution in [1.82, 2.24) is 0 Å². The van der Waals surface area contributed by atoms with Gasteiger partial charge in [-0.25, -0.2) is 0 Å². The second-order valence-electron chi connectivity index (χ2n) is 8.20. The SMILES string of the molecule is c1ccc([PH](c2ccccc2)(c2ccc3c(c2)OCCO3)c2ccc3c(c2)OCCO3)cc1. The van der Waals surface area contributed by atoms with Crippen molar-refractivity contribution < 1.29 is 18.9 Å². The number of ether oxygens (including phenoxy) is 4. The van der Waals surface area contributed by atoms with Crippen molar-refractivity contribution in [2.45, 2.75) is 0 Å². The third-order valence-electron chi connectivity index (χ3n) is 6.36. The van der Waals surface area contributed by atoms with Gasteiger partial charge in [0.2, 0.25) is 0 Å². The summed E-state index contributed by atoms with van der Waals surface area (Å²) in [6.45, 7) is 2.28. The van der Waals surface area contributed by atoms with Crippen LogP contribution in [0.2, 0.25) is 0 Å². The normalized spacial score (nSPS) is 15.0. The molecule has 0 radical (unpaired) electrons. The van der Waals surface area contributed by atoms with E-state index in [4.69, 9.17) is 18.9 Å². The minimum absolute atomic E-state index is 0.561. The molecule has 0 bridgehead atoms. The van der Waals surface area contributed by atoms with Gasteiger partial charge in [-0.1, -0.05) is 0 Å². The molecule has 6 rings (SSSR count). The van der Waals surface area contributed by atoms with E-state index >= 15 is 0 Å². The zero-order chi connectivity index (χ0) is 22.1. The topological polar surface area (TPSA) is 36.9 Å². The van der Waals surface area contributed by atoms with E-state index in [-0.39, 0.29) is 0 Å². The summed E-state index contributed by atoms with van der Waals surface area (Å²) in [6.07, 6.45) is 0. The van der Waals surface area contributed by atoms with Gasteiger partial charge in [0, 0.05) is 0 Å². The fourth-order valence-electron chi connectivity index (χ4n) is 4.93. The summed E-state index contributed by atoms with van der Waals surface area (Å²) in [4.78, 5) is 0. The molecule has 0 aromatic heterocycles. The molecule has 0 saturated heterocycles. The molecule has 0 N–H and O–H groups in total. The van der Waals surface area contributed by atoms with Gasteiger partial charge in [0.05, 0.1) is 0 Å². The number of fused-ring (bicyclic) bond motifs is 2. The molecule has 33 heavy (non-hydrogen) atoms. The van der Waals surface area contributed by atoms with Crippen molar-refractivity contribution >= 4 is 28.5 Å². The quantitative estimate of drug-likeness (QED) is 0.440. The van der Waals surface area contributed by atoms with Gasteiger partial charge in [-0.15, -0.1) is 0 Å². The molecular formula is C28H25O4P. The summed E-state index contributed by atoms with van der Waals surface area (Å²) >= 11 is 0. The van der Waals surface area contributed by atoms with Crippen LogP contribution >= 0.6 is 7.26 Å². The molecule has 5 heteroatoms. The Labute approximate surface area is 194 Å². The fourth-order valence-corrected chi connectivity index (χ4v) is 9.68. The molecule has 4 aromatic rings. The monoisotopic (exact) mass is 456 g/mol. The fraction of sp³-hybridized carbons (Fsp3) is 0.143. The molecule has 4 aromatic carbocycles. The van der Waals surface area contributed by atoms with E-state index < -0.39 is 7.26 Å². The Kier molecular flexibility index (Phi) is 5.16. The van der Waals surface area contributed by atoms with E-state index in [1.807, 2.05) is 0 Å². The number of benzene rings is 4. The molecule has 4 nitrogen and oxygen atoms in total. The van der Waals surface area contributed by atoms with Crippen molar-refractivity contribution in [2.24, 2.45) is 0 Å². The van der Waals surface area contributed by atoms with Crippen LogP contribution in [0.15, 0.2) is 97.1 Å². The van der Waals surface area contributed by atoms with E-state index in [9.17, 15) is 0 Å². The van der Waals surface area contributed by atoms with Crippen molar-refractivity contribution in [2.75, 3.05) is 26.4 Å². The van der Waals surface area contributed by atoms with E-state index in [1.165, 1.54) is 21.2 Å². The Bertz CT molecular complexity index is 1170. The van der Waals surface area contributed by atoms with Crippen LogP contribution < -0.4 is 40.2 Å². The van der Waals surface area contributed by atoms with Crippen LogP contribution in [0, 0.1) is 0 Å². The van der Waals surface area contributed by atoms with E-state index in [1.54, 1.807) is 0 Å². The van der Waals surface area contributed by atoms with Gasteiger partial charge in [-0.05, 0) is 0 Å². The summed E-state index contributed by atoms with van der Waals surface area (Å²) in [5.41, 5.74) is 0. The van der Waals surface area contributed by atoms with Gasteiger partial charge in [-0.2, -0.15) is 0 Å². The Balaban J connectivity index is 1.67. The zero-order valence-corrected chi connectivity index (χ0v) is 19.2. The van der Waals surface area contributed by atoms with Gasteiger partial charge >= 0.3 is 194 Å². The second-order valence-corrected chi connectivity index (χ2v) is 12.0. The van der Waals surface area contributed by atoms with Crippen LogP contribution in [0.5, 0.6) is 23.0 Å². The number of rotatable bonds is 4. The minimum atomic E-state index is -2.69. The van der Waals surface area contributed by atoms with Crippen LogP contribution in [0.1, 0.15) is 0 Å². The van der Waals surface area contributed by atoms with Crippen LogP contribution in [0.3, 0.4) is 0 Å². The summed E-state index contributed by atoms with van der Waals surface area (Å²) in [7, 11) is -2.69. The van der Waals surface area contributed by atoms with Gasteiger partial charge < -0.3 is 0 Å². The Hall–Kier alpha value is -3.49. The van der Waals surface area contributed by atoms with E-state index in [0.29, 0.717) is 26.4 Å². The van der Waals surface area contributed by atoms with Gasteiger partial charge in [0.25, 0.3) is 0 Å². The summed E-state index contributed by atoms with van der Waals surface area (Å²) < 4.78 is 23.7. The Morgan fingerprint density at radius 1 is 0.394 bits per heavy atom. The van der Waals surface area contributed by atoms with Crippen molar-refractivity contribution in [3.8, 4) is 23.0 Å². The maximum atomic E-state index is 6.01. The van der Waals surface area contributed by atoms with Crippen molar-refractivity contribution in [3.05, 3.63) is 97.1 Å². The molecule has 0 atom stereocenters. The zero-order valence-electron chi connectivity index (χ0n) is 18.2. The van der Waals surface area contributed by atoms with E-state index in [0.717, 1.165) is 23.0 Å². The molecule has 0 amide bonds. The predicted octanol–water partition coefficient (Wildman–Crippen LogP) is 3.58. The first-order valence-electron chi connectivity index (χ1n) is 11.3. The van der Waals surface area contributed by atoms with Gasteiger partial charge in [0.15, 0.2) is 0 Å². The first-order valence-corrected chi connectivity index (χ1v) is 13.3. The number of hydrogen-bond donors (Lipinski definition) is 0. The Morgan fingerprint density at radius 3 is 1.21 bits per heavy atom. The average Bonchev–Trinajstić information content (AvgIpc) is 2.90. The molecule has 0 unspecified atom stereocenters. The predicted molar refractivity (Wildman–Crippen MR) is 135 cm³/mol. The molecule has 2 heterocycles. The second kappa shape index (κ2) is 8.46. The van der Waals surface area contributed by atoms with Crippen LogP contribution in [-0.4, -0.2) is 26.4 Å². The third kappa shape index (κ3) is 3.42. The first kappa shape index (κ1) is 20.1. The molecule has 0 spiro atoms. The van der Waals surface area contributed by atoms with Crippen molar-refractivity contribution in [1.29, 1.82) is 0 Å². The molecule has 2 aliphatic heterocycles. The molecule has 0 aliphatic carbocycles. The van der Waals surface area contributed by atoms with Gasteiger partial charge in [-0.3, -0.25) is 0 Å². The molecule has 0 saturated carbocycles. The Morgan fingerprint density at radius 2 is 0.788 bits per heavy atom. The summed E-state index contributed by atoms with van der Waals surface area (Å²) in [5.74, 6) is 3.22. The van der Waals surface area contributed by atoms with Crippen LogP contribution in [0.4, 0.5) is 0 Å². The average molecular weight is 456 g/mol. The van der Waals surface area contributed by atoms with Crippen molar-refractivity contribution in [3.63, 3.8) is 0 Å². The number of hydrogen-bond acceptors (Lipinski definition) is 4. The van der Waals surface area contributed by atoms with Gasteiger partial charge in [0.1, 0.15) is 0 Å². The first-order chi connectivity index (χ1) is 16.4. The molecule has 0 fully saturated rings. The third-order valence-corrected chi connectivity index (χ3v) is 11.1. The summed E-state index contributed by atoms with van der Waals surface area (Å²) in [6, 6.07) is 34.5. The standard InChI is InChI=1S/C28H25O4P/c1-3-7-21(8-4-1)33(22-9-5-2-6-10-22,23-11-13-25-27(19-23)31-17-15-29-25)24-12-14-26-28(20-24)32-18-16-30-26/h1-14,19-20,33H,15-18H2. The molecular weight excluding hydrogens is 431 g/mol. The van der Waals surface area contributed by atoms with Crippen LogP contribution in [-0.2, 0) is 0 Å². The molecule has 2 aliphatic rings. The maximum absolute atomic E-state index is 6.01. The van der Waals surface area contributed by atoms with Crippen LogP contribution in [0.25, 0.3) is 0 Å². The molecule has 166 valence electrons.